The fourth-order valence-corrected chi connectivity index (χ4v) is 2.59. The van der Waals surface area contributed by atoms with Crippen molar-refractivity contribution in [2.75, 3.05) is 5.32 Å². The van der Waals surface area contributed by atoms with Gasteiger partial charge in [0.15, 0.2) is 0 Å². The standard InChI is InChI=1S/C19H15Cl2N3O/c20-15-10-8-13(9-11-15)17-6-3-7-18(23-17)24-19(25)22-12-14-4-1-2-5-16(14)21/h1-11H,12H2,(H2,22,23,24,25). The van der Waals surface area contributed by atoms with E-state index in [0.29, 0.717) is 22.4 Å². The first kappa shape index (κ1) is 17.3. The van der Waals surface area contributed by atoms with Crippen molar-refractivity contribution in [3.05, 3.63) is 82.3 Å². The highest BCUT2D eigenvalue weighted by Crippen LogP contribution is 2.21. The lowest BCUT2D eigenvalue weighted by Crippen LogP contribution is -2.28. The number of halogens is 2. The van der Waals surface area contributed by atoms with Crippen LogP contribution in [0.15, 0.2) is 66.7 Å². The van der Waals surface area contributed by atoms with Gasteiger partial charge in [0.2, 0.25) is 0 Å². The SMILES string of the molecule is O=C(NCc1ccccc1Cl)Nc1cccc(-c2ccc(Cl)cc2)n1. The summed E-state index contributed by atoms with van der Waals surface area (Å²) in [6, 6.07) is 19.8. The summed E-state index contributed by atoms with van der Waals surface area (Å²) in [6.45, 7) is 0.336. The molecular weight excluding hydrogens is 357 g/mol. The average molecular weight is 372 g/mol. The largest absolute Gasteiger partial charge is 0.334 e. The van der Waals surface area contributed by atoms with E-state index in [2.05, 4.69) is 15.6 Å². The molecule has 0 aliphatic heterocycles. The van der Waals surface area contributed by atoms with Gasteiger partial charge in [0, 0.05) is 22.2 Å². The lowest BCUT2D eigenvalue weighted by molar-refractivity contribution is 0.251. The zero-order valence-electron chi connectivity index (χ0n) is 13.2. The molecule has 126 valence electrons. The number of hydrogen-bond acceptors (Lipinski definition) is 2. The lowest BCUT2D eigenvalue weighted by Gasteiger charge is -2.09. The van der Waals surface area contributed by atoms with E-state index in [0.717, 1.165) is 16.8 Å². The third-order valence-corrected chi connectivity index (χ3v) is 4.15. The molecular formula is C19H15Cl2N3O. The molecule has 0 aliphatic carbocycles. The van der Waals surface area contributed by atoms with Crippen molar-refractivity contribution >= 4 is 35.1 Å². The van der Waals surface area contributed by atoms with Gasteiger partial charge in [-0.15, -0.1) is 0 Å². The molecule has 0 saturated heterocycles. The van der Waals surface area contributed by atoms with Crippen molar-refractivity contribution in [2.24, 2.45) is 0 Å². The van der Waals surface area contributed by atoms with Crippen molar-refractivity contribution in [3.8, 4) is 11.3 Å². The minimum atomic E-state index is -0.347. The summed E-state index contributed by atoms with van der Waals surface area (Å²) in [5.41, 5.74) is 2.52. The van der Waals surface area contributed by atoms with Crippen LogP contribution < -0.4 is 10.6 Å². The molecule has 2 amide bonds. The van der Waals surface area contributed by atoms with Gasteiger partial charge in [-0.2, -0.15) is 0 Å². The van der Waals surface area contributed by atoms with Crippen LogP contribution in [-0.2, 0) is 6.54 Å². The highest BCUT2D eigenvalue weighted by Gasteiger charge is 2.06. The smallest absolute Gasteiger partial charge is 0.320 e. The van der Waals surface area contributed by atoms with E-state index in [1.165, 1.54) is 0 Å². The predicted molar refractivity (Wildman–Crippen MR) is 102 cm³/mol. The van der Waals surface area contributed by atoms with Crippen LogP contribution in [0.1, 0.15) is 5.56 Å². The van der Waals surface area contributed by atoms with Gasteiger partial charge in [-0.3, -0.25) is 5.32 Å². The summed E-state index contributed by atoms with van der Waals surface area (Å²) in [5.74, 6) is 0.462. The Morgan fingerprint density at radius 3 is 2.44 bits per heavy atom. The zero-order valence-corrected chi connectivity index (χ0v) is 14.7. The van der Waals surface area contributed by atoms with E-state index in [9.17, 15) is 4.79 Å². The molecule has 0 bridgehead atoms. The second-order valence-corrected chi connectivity index (χ2v) is 6.16. The molecule has 4 nitrogen and oxygen atoms in total. The molecule has 0 unspecified atom stereocenters. The summed E-state index contributed by atoms with van der Waals surface area (Å²) < 4.78 is 0. The Hall–Kier alpha value is -2.56. The summed E-state index contributed by atoms with van der Waals surface area (Å²) in [7, 11) is 0. The van der Waals surface area contributed by atoms with E-state index < -0.39 is 0 Å². The number of hydrogen-bond donors (Lipinski definition) is 2. The number of nitrogens with one attached hydrogen (secondary N) is 2. The van der Waals surface area contributed by atoms with E-state index in [1.54, 1.807) is 24.3 Å². The molecule has 1 heterocycles. The minimum Gasteiger partial charge on any atom is -0.334 e. The van der Waals surface area contributed by atoms with Crippen LogP contribution in [-0.4, -0.2) is 11.0 Å². The highest BCUT2D eigenvalue weighted by molar-refractivity contribution is 6.31. The van der Waals surface area contributed by atoms with Gasteiger partial charge in [0.1, 0.15) is 5.82 Å². The third-order valence-electron chi connectivity index (χ3n) is 3.53. The fourth-order valence-electron chi connectivity index (χ4n) is 2.26. The zero-order chi connectivity index (χ0) is 17.6. The molecule has 2 N–H and O–H groups in total. The van der Waals surface area contributed by atoms with Crippen molar-refractivity contribution in [1.82, 2.24) is 10.3 Å². The number of anilines is 1. The van der Waals surface area contributed by atoms with Gasteiger partial charge in [0.25, 0.3) is 0 Å². The van der Waals surface area contributed by atoms with E-state index in [-0.39, 0.29) is 6.03 Å². The summed E-state index contributed by atoms with van der Waals surface area (Å²) in [6.07, 6.45) is 0. The number of carbonyl (C=O) groups excluding carboxylic acids is 1. The van der Waals surface area contributed by atoms with Gasteiger partial charge < -0.3 is 5.32 Å². The lowest BCUT2D eigenvalue weighted by atomic mass is 10.1. The summed E-state index contributed by atoms with van der Waals surface area (Å²) in [4.78, 5) is 16.5. The van der Waals surface area contributed by atoms with Crippen LogP contribution in [0.2, 0.25) is 10.0 Å². The average Bonchev–Trinajstić information content (AvgIpc) is 2.62. The van der Waals surface area contributed by atoms with Gasteiger partial charge in [-0.1, -0.05) is 59.6 Å². The quantitative estimate of drug-likeness (QED) is 0.646. The van der Waals surface area contributed by atoms with Crippen molar-refractivity contribution in [3.63, 3.8) is 0 Å². The van der Waals surface area contributed by atoms with Crippen LogP contribution in [0.3, 0.4) is 0 Å². The molecule has 6 heteroatoms. The molecule has 0 radical (unpaired) electrons. The van der Waals surface area contributed by atoms with Gasteiger partial charge >= 0.3 is 6.03 Å². The van der Waals surface area contributed by atoms with E-state index in [4.69, 9.17) is 23.2 Å². The van der Waals surface area contributed by atoms with Crippen LogP contribution in [0.5, 0.6) is 0 Å². The number of carbonyl (C=O) groups is 1. The Kier molecular flexibility index (Phi) is 5.53. The van der Waals surface area contributed by atoms with Crippen molar-refractivity contribution in [2.45, 2.75) is 6.54 Å². The molecule has 0 spiro atoms. The Bertz CT molecular complexity index is 882. The first-order valence-electron chi connectivity index (χ1n) is 7.63. The number of amides is 2. The topological polar surface area (TPSA) is 54.0 Å². The van der Waals surface area contributed by atoms with Gasteiger partial charge in [-0.05, 0) is 35.9 Å². The maximum Gasteiger partial charge on any atom is 0.320 e. The summed E-state index contributed by atoms with van der Waals surface area (Å²) in [5, 5.41) is 6.77. The van der Waals surface area contributed by atoms with Crippen molar-refractivity contribution in [1.29, 1.82) is 0 Å². The molecule has 3 aromatic rings. The van der Waals surface area contributed by atoms with Crippen molar-refractivity contribution < 1.29 is 4.79 Å². The van der Waals surface area contributed by atoms with Gasteiger partial charge in [-0.25, -0.2) is 9.78 Å². The van der Waals surface area contributed by atoms with Gasteiger partial charge in [0.05, 0.1) is 5.69 Å². The molecule has 0 aliphatic rings. The normalized spacial score (nSPS) is 10.3. The Balaban J connectivity index is 1.64. The first-order chi connectivity index (χ1) is 12.1. The molecule has 0 saturated carbocycles. The summed E-state index contributed by atoms with van der Waals surface area (Å²) >= 11 is 12.0. The number of pyridine rings is 1. The van der Waals surface area contributed by atoms with Crippen LogP contribution in [0, 0.1) is 0 Å². The molecule has 1 aromatic heterocycles. The number of nitrogens with zero attached hydrogens (tertiary/aromatic N) is 1. The molecule has 25 heavy (non-hydrogen) atoms. The van der Waals surface area contributed by atoms with Crippen LogP contribution in [0.4, 0.5) is 10.6 Å². The van der Waals surface area contributed by atoms with Crippen LogP contribution in [0.25, 0.3) is 11.3 Å². The first-order valence-corrected chi connectivity index (χ1v) is 8.39. The van der Waals surface area contributed by atoms with E-state index in [1.807, 2.05) is 42.5 Å². The number of benzene rings is 2. The maximum atomic E-state index is 12.1. The molecule has 2 aromatic carbocycles. The number of aromatic nitrogens is 1. The second-order valence-electron chi connectivity index (χ2n) is 5.31. The fraction of sp³-hybridized carbons (Fsp3) is 0.0526. The van der Waals surface area contributed by atoms with Crippen LogP contribution >= 0.6 is 23.2 Å². The molecule has 0 atom stereocenters. The second kappa shape index (κ2) is 8.01. The Morgan fingerprint density at radius 2 is 1.68 bits per heavy atom. The minimum absolute atomic E-state index is 0.336. The monoisotopic (exact) mass is 371 g/mol. The Labute approximate surface area is 155 Å². The number of rotatable bonds is 4. The number of urea groups is 1. The Morgan fingerprint density at radius 1 is 0.920 bits per heavy atom. The molecule has 3 rings (SSSR count). The maximum absolute atomic E-state index is 12.1. The molecule has 0 fully saturated rings. The highest BCUT2D eigenvalue weighted by atomic mass is 35.5. The predicted octanol–water partition coefficient (Wildman–Crippen LogP) is 5.38. The third kappa shape index (κ3) is 4.72. The van der Waals surface area contributed by atoms with E-state index >= 15 is 0 Å².